The number of hydrogen-bond acceptors (Lipinski definition) is 0. The first-order valence-corrected chi connectivity index (χ1v) is 0. The maximum atomic E-state index is 0. The third kappa shape index (κ3) is 8.83. The maximum absolute atomic E-state index is 0. The Morgan fingerprint density at radius 1 is 0.500 bits per heavy atom. The predicted octanol–water partition coefficient (Wildman–Crippen LogP) is -0.0100. The molecule has 0 saturated carbocycles. The molecule has 0 aromatic rings. The molecule has 0 spiro atoms. The minimum atomic E-state index is 0. The quantitative estimate of drug-likeness (QED) is 0.496. The van der Waals surface area contributed by atoms with Gasteiger partial charge in [-0.05, 0) is 0 Å². The van der Waals surface area contributed by atoms with E-state index < -0.39 is 0 Å². The van der Waals surface area contributed by atoms with E-state index >= 15 is 0 Å². The van der Waals surface area contributed by atoms with Crippen molar-refractivity contribution in [1.82, 2.24) is 0 Å². The molecule has 0 rings (SSSR count). The second-order valence-electron chi connectivity index (χ2n) is 0. The average molecular weight is 213 g/mol. The molecule has 0 saturated heterocycles. The average Bonchev–Trinajstić information content (AvgIpc) is 0. The van der Waals surface area contributed by atoms with Crippen LogP contribution in [0.25, 0.3) is 0 Å². The minimum Gasteiger partial charge on any atom is 0 e. The summed E-state index contributed by atoms with van der Waals surface area (Å²) < 4.78 is 0. The first kappa shape index (κ1) is 32.2. The Labute approximate surface area is 75.5 Å². The monoisotopic (exact) mass is 212 g/mol. The van der Waals surface area contributed by atoms with Gasteiger partial charge in [-0.15, -0.1) is 0 Å². The van der Waals surface area contributed by atoms with Crippen LogP contribution in [0.1, 0.15) is 0 Å². The second kappa shape index (κ2) is 18.1. The molecule has 0 heterocycles. The normalized spacial score (nSPS) is 0. The Bertz CT molecular complexity index is 4.00. The van der Waals surface area contributed by atoms with E-state index in [0.717, 1.165) is 0 Å². The van der Waals surface area contributed by atoms with Gasteiger partial charge < -0.3 is 0 Å². The Morgan fingerprint density at radius 3 is 0.500 bits per heavy atom. The van der Waals surface area contributed by atoms with Crippen molar-refractivity contribution < 1.29 is 76.4 Å². The van der Waals surface area contributed by atoms with E-state index in [2.05, 4.69) is 0 Å². The molecule has 4 heavy (non-hydrogen) atoms. The van der Waals surface area contributed by atoms with Gasteiger partial charge in [-0.3, -0.25) is 0 Å². The second-order valence-corrected chi connectivity index (χ2v) is 0. The summed E-state index contributed by atoms with van der Waals surface area (Å²) in [4.78, 5) is 0. The molecular weight excluding hydrogens is 213 g/mol. The first-order valence-electron chi connectivity index (χ1n) is 0. The topological polar surface area (TPSA) is 0 Å². The Kier molecular flexibility index (Phi) is 146. The van der Waals surface area contributed by atoms with Crippen molar-refractivity contribution in [1.29, 1.82) is 0 Å². The number of hydrogen-bond donors (Lipinski definition) is 0. The van der Waals surface area contributed by atoms with Gasteiger partial charge in [0.2, 0.25) is 0 Å². The largest absolute Gasteiger partial charge is 0 e. The van der Waals surface area contributed by atoms with Crippen LogP contribution in [-0.4, -0.2) is 0 Å². The summed E-state index contributed by atoms with van der Waals surface area (Å²) in [7, 11) is 0. The van der Waals surface area contributed by atoms with Crippen LogP contribution >= 0.6 is 0 Å². The van der Waals surface area contributed by atoms with E-state index in [-0.39, 0.29) is 76.4 Å². The molecular formula is Ni2Ti2. The molecule has 0 amide bonds. The van der Waals surface area contributed by atoms with Crippen LogP contribution in [0, 0.1) is 0 Å². The Balaban J connectivity index is 0. The summed E-state index contributed by atoms with van der Waals surface area (Å²) >= 11 is 0. The molecule has 0 nitrogen and oxygen atoms in total. The molecule has 0 bridgehead atoms. The predicted molar refractivity (Wildman–Crippen MR) is 0 cm³/mol. The van der Waals surface area contributed by atoms with E-state index in [0.29, 0.717) is 0 Å². The molecule has 0 N–H and O–H groups in total. The summed E-state index contributed by atoms with van der Waals surface area (Å²) in [5.41, 5.74) is 0. The first-order chi connectivity index (χ1) is 0. The van der Waals surface area contributed by atoms with E-state index in [9.17, 15) is 0 Å². The molecule has 28 valence electrons. The van der Waals surface area contributed by atoms with Crippen LogP contribution < -0.4 is 0 Å². The fourth-order valence-corrected chi connectivity index (χ4v) is 0. The van der Waals surface area contributed by atoms with E-state index in [1.165, 1.54) is 0 Å². The van der Waals surface area contributed by atoms with E-state index in [1.807, 2.05) is 0 Å². The number of rotatable bonds is 0. The summed E-state index contributed by atoms with van der Waals surface area (Å²) in [5.74, 6) is 0. The minimum absolute atomic E-state index is 0. The van der Waals surface area contributed by atoms with Crippen LogP contribution in [0.2, 0.25) is 0 Å². The van der Waals surface area contributed by atoms with E-state index in [4.69, 9.17) is 0 Å². The fraction of sp³-hybridized carbons (Fsp3) is 0. The van der Waals surface area contributed by atoms with Crippen molar-refractivity contribution in [2.24, 2.45) is 0 Å². The summed E-state index contributed by atoms with van der Waals surface area (Å²) in [6, 6.07) is 0. The maximum Gasteiger partial charge on any atom is 0 e. The zero-order valence-electron chi connectivity index (χ0n) is 1.63. The fourth-order valence-electron chi connectivity index (χ4n) is 0. The van der Waals surface area contributed by atoms with Crippen molar-refractivity contribution in [3.63, 3.8) is 0 Å². The van der Waals surface area contributed by atoms with Crippen molar-refractivity contribution in [3.8, 4) is 0 Å². The zero-order valence-corrected chi connectivity index (χ0v) is 6.73. The molecule has 0 unspecified atom stereocenters. The molecule has 0 aliphatic rings. The molecule has 0 aliphatic heterocycles. The molecule has 0 atom stereocenters. The van der Waals surface area contributed by atoms with Crippen molar-refractivity contribution >= 4 is 0 Å². The third-order valence-corrected chi connectivity index (χ3v) is 0. The summed E-state index contributed by atoms with van der Waals surface area (Å²) in [6.45, 7) is 0. The SMILES string of the molecule is [Ni].[Ni].[Ti].[Ti]. The van der Waals surface area contributed by atoms with Crippen LogP contribution in [0.3, 0.4) is 0 Å². The molecule has 0 radical (unpaired) electrons. The van der Waals surface area contributed by atoms with Gasteiger partial charge in [0.25, 0.3) is 0 Å². The van der Waals surface area contributed by atoms with Crippen LogP contribution in [0.4, 0.5) is 0 Å². The van der Waals surface area contributed by atoms with Gasteiger partial charge in [-0.2, -0.15) is 0 Å². The van der Waals surface area contributed by atoms with Gasteiger partial charge in [0, 0.05) is 76.4 Å². The van der Waals surface area contributed by atoms with Crippen LogP contribution in [0.15, 0.2) is 0 Å². The summed E-state index contributed by atoms with van der Waals surface area (Å²) in [6.07, 6.45) is 0. The van der Waals surface area contributed by atoms with Gasteiger partial charge in [-0.1, -0.05) is 0 Å². The Morgan fingerprint density at radius 2 is 0.500 bits per heavy atom. The Hall–Kier alpha value is 2.42. The van der Waals surface area contributed by atoms with E-state index in [1.54, 1.807) is 0 Å². The molecule has 0 aromatic heterocycles. The summed E-state index contributed by atoms with van der Waals surface area (Å²) in [5, 5.41) is 0. The van der Waals surface area contributed by atoms with Gasteiger partial charge in [0.15, 0.2) is 0 Å². The van der Waals surface area contributed by atoms with Crippen LogP contribution in [0.5, 0.6) is 0 Å². The van der Waals surface area contributed by atoms with Crippen molar-refractivity contribution in [2.45, 2.75) is 0 Å². The molecule has 0 fully saturated rings. The molecule has 0 aliphatic carbocycles. The van der Waals surface area contributed by atoms with Crippen LogP contribution in [-0.2, 0) is 76.4 Å². The van der Waals surface area contributed by atoms with Gasteiger partial charge in [-0.25, -0.2) is 0 Å². The van der Waals surface area contributed by atoms with Gasteiger partial charge in [0.1, 0.15) is 0 Å². The zero-order chi connectivity index (χ0) is 0. The van der Waals surface area contributed by atoms with Gasteiger partial charge in [0.05, 0.1) is 0 Å². The van der Waals surface area contributed by atoms with Crippen molar-refractivity contribution in [3.05, 3.63) is 0 Å². The molecule has 0 aromatic carbocycles. The molecule has 4 heteroatoms. The third-order valence-electron chi connectivity index (χ3n) is 0. The smallest absolute Gasteiger partial charge is 0 e. The van der Waals surface area contributed by atoms with Gasteiger partial charge >= 0.3 is 0 Å². The standard InChI is InChI=1S/2Ni.2Ti. The van der Waals surface area contributed by atoms with Crippen molar-refractivity contribution in [2.75, 3.05) is 0 Å².